The number of carbonyl (C=O) groups is 2. The number of aromatic nitrogens is 2. The number of benzene rings is 1. The zero-order chi connectivity index (χ0) is 21.0. The summed E-state index contributed by atoms with van der Waals surface area (Å²) in [5, 5.41) is 5.76. The quantitative estimate of drug-likeness (QED) is 0.736. The van der Waals surface area contributed by atoms with E-state index in [2.05, 4.69) is 15.6 Å². The van der Waals surface area contributed by atoms with Gasteiger partial charge in [-0.05, 0) is 57.4 Å². The number of nitrogens with one attached hydrogen (secondary N) is 2. The summed E-state index contributed by atoms with van der Waals surface area (Å²) >= 11 is 0. The lowest BCUT2D eigenvalue weighted by atomic mass is 10.1. The Kier molecular flexibility index (Phi) is 6.26. The van der Waals surface area contributed by atoms with Crippen molar-refractivity contribution in [1.82, 2.24) is 14.9 Å². The summed E-state index contributed by atoms with van der Waals surface area (Å²) in [5.74, 6) is -0.331. The zero-order valence-corrected chi connectivity index (χ0v) is 17.0. The van der Waals surface area contributed by atoms with E-state index in [0.29, 0.717) is 30.0 Å². The van der Waals surface area contributed by atoms with E-state index in [9.17, 15) is 14.4 Å². The van der Waals surface area contributed by atoms with E-state index in [1.54, 1.807) is 19.1 Å². The highest BCUT2D eigenvalue weighted by molar-refractivity contribution is 5.98. The molecule has 1 aromatic heterocycles. The van der Waals surface area contributed by atoms with Crippen LogP contribution in [0.4, 0.5) is 5.69 Å². The number of amides is 2. The molecule has 1 aliphatic rings. The molecule has 7 heteroatoms. The van der Waals surface area contributed by atoms with Gasteiger partial charge in [0.15, 0.2) is 0 Å². The largest absolute Gasteiger partial charge is 0.350 e. The highest BCUT2D eigenvalue weighted by atomic mass is 16.2. The Labute approximate surface area is 169 Å². The lowest BCUT2D eigenvalue weighted by molar-refractivity contribution is -0.119. The van der Waals surface area contributed by atoms with Gasteiger partial charge in [0.25, 0.3) is 5.91 Å². The predicted octanol–water partition coefficient (Wildman–Crippen LogP) is 2.50. The van der Waals surface area contributed by atoms with Crippen molar-refractivity contribution >= 4 is 17.5 Å². The van der Waals surface area contributed by atoms with Crippen molar-refractivity contribution in [3.63, 3.8) is 0 Å². The van der Waals surface area contributed by atoms with Gasteiger partial charge in [-0.2, -0.15) is 4.98 Å². The molecule has 0 aliphatic heterocycles. The second kappa shape index (κ2) is 8.86. The van der Waals surface area contributed by atoms with Crippen molar-refractivity contribution < 1.29 is 9.59 Å². The first-order chi connectivity index (χ1) is 13.8. The van der Waals surface area contributed by atoms with Crippen LogP contribution >= 0.6 is 0 Å². The number of aryl methyl sites for hydroxylation is 3. The van der Waals surface area contributed by atoms with Gasteiger partial charge >= 0.3 is 5.69 Å². The summed E-state index contributed by atoms with van der Waals surface area (Å²) in [5.41, 5.74) is 3.16. The maximum Gasteiger partial charge on any atom is 0.348 e. The molecule has 0 radical (unpaired) electrons. The number of carbonyl (C=O) groups excluding carboxylic acids is 2. The Hall–Kier alpha value is -3.22. The maximum atomic E-state index is 12.5. The zero-order valence-electron chi connectivity index (χ0n) is 17.0. The van der Waals surface area contributed by atoms with Gasteiger partial charge < -0.3 is 10.6 Å². The number of anilines is 1. The van der Waals surface area contributed by atoms with Crippen molar-refractivity contribution in [2.75, 3.05) is 11.9 Å². The van der Waals surface area contributed by atoms with Crippen LogP contribution in [-0.2, 0) is 11.3 Å². The van der Waals surface area contributed by atoms with Crippen molar-refractivity contribution in [3.05, 3.63) is 69.4 Å². The van der Waals surface area contributed by atoms with Crippen LogP contribution < -0.4 is 16.3 Å². The fourth-order valence-electron chi connectivity index (χ4n) is 3.39. The van der Waals surface area contributed by atoms with E-state index in [1.807, 2.05) is 38.1 Å². The van der Waals surface area contributed by atoms with E-state index in [-0.39, 0.29) is 23.4 Å². The van der Waals surface area contributed by atoms with Crippen LogP contribution in [0, 0.1) is 26.7 Å². The van der Waals surface area contributed by atoms with E-state index in [0.717, 1.165) is 24.1 Å². The third-order valence-electron chi connectivity index (χ3n) is 5.10. The molecule has 0 spiro atoms. The SMILES string of the molecule is Cc1cc(C)n(CCNC(=O)c2ccc(C)c(NC(=O)C3CC=CC3)c2)c(=O)n1. The van der Waals surface area contributed by atoms with E-state index in [4.69, 9.17) is 0 Å². The molecule has 1 heterocycles. The van der Waals surface area contributed by atoms with Crippen molar-refractivity contribution in [2.45, 2.75) is 40.2 Å². The smallest absolute Gasteiger partial charge is 0.348 e. The van der Waals surface area contributed by atoms with Gasteiger partial charge in [0.2, 0.25) is 5.91 Å². The summed E-state index contributed by atoms with van der Waals surface area (Å²) in [4.78, 5) is 40.8. The predicted molar refractivity (Wildman–Crippen MR) is 112 cm³/mol. The Bertz CT molecular complexity index is 1020. The molecule has 152 valence electrons. The van der Waals surface area contributed by atoms with Crippen LogP contribution in [0.25, 0.3) is 0 Å². The summed E-state index contributed by atoms with van der Waals surface area (Å²) in [6.07, 6.45) is 5.52. The Morgan fingerprint density at radius 3 is 2.55 bits per heavy atom. The number of nitrogens with zero attached hydrogens (tertiary/aromatic N) is 2. The second-order valence-corrected chi connectivity index (χ2v) is 7.39. The minimum atomic E-state index is -0.321. The standard InChI is InChI=1S/C22H26N4O3/c1-14-8-9-18(13-19(14)25-21(28)17-6-4-5-7-17)20(27)23-10-11-26-16(3)12-15(2)24-22(26)29/h4-5,8-9,12-13,17H,6-7,10-11H2,1-3H3,(H,23,27)(H,25,28). The first kappa shape index (κ1) is 20.5. The molecule has 2 aromatic rings. The number of rotatable bonds is 6. The minimum absolute atomic E-state index is 0.0302. The highest BCUT2D eigenvalue weighted by Gasteiger charge is 2.20. The van der Waals surface area contributed by atoms with Crippen LogP contribution in [0.1, 0.15) is 40.2 Å². The molecule has 0 saturated heterocycles. The van der Waals surface area contributed by atoms with Gasteiger partial charge in [-0.25, -0.2) is 4.79 Å². The molecule has 29 heavy (non-hydrogen) atoms. The van der Waals surface area contributed by atoms with Gasteiger partial charge in [0.05, 0.1) is 0 Å². The fraction of sp³-hybridized carbons (Fsp3) is 0.364. The lowest BCUT2D eigenvalue weighted by Crippen LogP contribution is -2.33. The molecule has 3 rings (SSSR count). The van der Waals surface area contributed by atoms with E-state index in [1.165, 1.54) is 4.57 Å². The average molecular weight is 394 g/mol. The average Bonchev–Trinajstić information content (AvgIpc) is 3.20. The molecule has 7 nitrogen and oxygen atoms in total. The molecule has 0 fully saturated rings. The van der Waals surface area contributed by atoms with Crippen molar-refractivity contribution in [3.8, 4) is 0 Å². The van der Waals surface area contributed by atoms with Crippen LogP contribution in [0.2, 0.25) is 0 Å². The number of hydrogen-bond donors (Lipinski definition) is 2. The van der Waals surface area contributed by atoms with Crippen LogP contribution in [0.3, 0.4) is 0 Å². The highest BCUT2D eigenvalue weighted by Crippen LogP contribution is 2.22. The monoisotopic (exact) mass is 394 g/mol. The molecule has 0 bridgehead atoms. The topological polar surface area (TPSA) is 93.1 Å². The molecule has 0 unspecified atom stereocenters. The van der Waals surface area contributed by atoms with Crippen molar-refractivity contribution in [2.24, 2.45) is 5.92 Å². The molecule has 0 atom stereocenters. The Balaban J connectivity index is 1.62. The fourth-order valence-corrected chi connectivity index (χ4v) is 3.39. The normalized spacial score (nSPS) is 13.5. The van der Waals surface area contributed by atoms with Gasteiger partial charge in [-0.1, -0.05) is 18.2 Å². The van der Waals surface area contributed by atoms with Gasteiger partial charge in [-0.15, -0.1) is 0 Å². The summed E-state index contributed by atoms with van der Waals surface area (Å²) < 4.78 is 1.53. The molecule has 2 N–H and O–H groups in total. The van der Waals surface area contributed by atoms with Gasteiger partial charge in [0, 0.05) is 41.6 Å². The first-order valence-corrected chi connectivity index (χ1v) is 9.75. The summed E-state index contributed by atoms with van der Waals surface area (Å²) in [6.45, 7) is 6.15. The van der Waals surface area contributed by atoms with Crippen LogP contribution in [0.15, 0.2) is 41.2 Å². The van der Waals surface area contributed by atoms with Crippen LogP contribution in [0.5, 0.6) is 0 Å². The van der Waals surface area contributed by atoms with Crippen LogP contribution in [-0.4, -0.2) is 27.9 Å². The molecular formula is C22H26N4O3. The Morgan fingerprint density at radius 1 is 1.14 bits per heavy atom. The molecular weight excluding hydrogens is 368 g/mol. The van der Waals surface area contributed by atoms with Gasteiger partial charge in [-0.3, -0.25) is 14.2 Å². The number of allylic oxidation sites excluding steroid dienone is 2. The summed E-state index contributed by atoms with van der Waals surface area (Å²) in [7, 11) is 0. The second-order valence-electron chi connectivity index (χ2n) is 7.39. The molecule has 2 amide bonds. The molecule has 0 saturated carbocycles. The Morgan fingerprint density at radius 2 is 1.86 bits per heavy atom. The summed E-state index contributed by atoms with van der Waals surface area (Å²) in [6, 6.07) is 7.06. The maximum absolute atomic E-state index is 12.5. The van der Waals surface area contributed by atoms with E-state index < -0.39 is 0 Å². The minimum Gasteiger partial charge on any atom is -0.350 e. The molecule has 1 aromatic carbocycles. The first-order valence-electron chi connectivity index (χ1n) is 9.75. The third-order valence-corrected chi connectivity index (χ3v) is 5.10. The lowest BCUT2D eigenvalue weighted by Gasteiger charge is -2.14. The van der Waals surface area contributed by atoms with Crippen molar-refractivity contribution in [1.29, 1.82) is 0 Å². The third kappa shape index (κ3) is 4.99. The van der Waals surface area contributed by atoms with Gasteiger partial charge in [0.1, 0.15) is 0 Å². The van der Waals surface area contributed by atoms with E-state index >= 15 is 0 Å². The molecule has 1 aliphatic carbocycles. The number of hydrogen-bond acceptors (Lipinski definition) is 4.